The van der Waals surface area contributed by atoms with Crippen molar-refractivity contribution in [1.29, 1.82) is 0 Å². The van der Waals surface area contributed by atoms with Crippen molar-refractivity contribution in [3.63, 3.8) is 0 Å². The lowest BCUT2D eigenvalue weighted by Gasteiger charge is -2.19. The van der Waals surface area contributed by atoms with Gasteiger partial charge in [-0.3, -0.25) is 4.98 Å². The number of nitrogens with zero attached hydrogens (tertiary/aromatic N) is 2. The van der Waals surface area contributed by atoms with E-state index in [0.717, 1.165) is 22.0 Å². The highest BCUT2D eigenvalue weighted by Gasteiger charge is 2.28. The normalized spacial score (nSPS) is 11.7. The van der Waals surface area contributed by atoms with E-state index in [-0.39, 0.29) is 6.54 Å². The second kappa shape index (κ2) is 6.66. The van der Waals surface area contributed by atoms with E-state index >= 15 is 0 Å². The maximum Gasteiger partial charge on any atom is 0.338 e. The molecule has 0 saturated heterocycles. The topological polar surface area (TPSA) is 87.6 Å². The number of carboxylic acid groups (broad SMARTS) is 1. The van der Waals surface area contributed by atoms with E-state index < -0.39 is 32.3 Å². The van der Waals surface area contributed by atoms with Gasteiger partial charge in [0.25, 0.3) is 0 Å². The maximum absolute atomic E-state index is 14.4. The highest BCUT2D eigenvalue weighted by molar-refractivity contribution is 7.89. The standard InChI is InChI=1S/C16H17FN2O4S/c1-10-6-13(16(20)21)15(17)14(7-10)24(22,23)19(3)9-12-8-18-5-4-11(12)2/h4-8H,9H2,1-3H3,(H,20,21). The number of aryl methyl sites for hydroxylation is 2. The predicted molar refractivity (Wildman–Crippen MR) is 85.7 cm³/mol. The Balaban J connectivity index is 2.47. The minimum Gasteiger partial charge on any atom is -0.478 e. The molecule has 1 aromatic carbocycles. The largest absolute Gasteiger partial charge is 0.478 e. The minimum atomic E-state index is -4.20. The number of rotatable bonds is 5. The molecule has 0 spiro atoms. The molecule has 0 aliphatic heterocycles. The van der Waals surface area contributed by atoms with Crippen molar-refractivity contribution < 1.29 is 22.7 Å². The zero-order chi connectivity index (χ0) is 18.1. The molecule has 1 N–H and O–H groups in total. The van der Waals surface area contributed by atoms with E-state index in [1.165, 1.54) is 20.2 Å². The number of hydrogen-bond acceptors (Lipinski definition) is 4. The van der Waals surface area contributed by atoms with E-state index in [9.17, 15) is 17.6 Å². The van der Waals surface area contributed by atoms with Gasteiger partial charge < -0.3 is 5.11 Å². The van der Waals surface area contributed by atoms with Gasteiger partial charge in [0.2, 0.25) is 10.0 Å². The first kappa shape index (κ1) is 18.0. The zero-order valence-electron chi connectivity index (χ0n) is 13.4. The van der Waals surface area contributed by atoms with Crippen LogP contribution in [0.5, 0.6) is 0 Å². The summed E-state index contributed by atoms with van der Waals surface area (Å²) < 4.78 is 40.7. The first-order valence-corrected chi connectivity index (χ1v) is 8.48. The summed E-state index contributed by atoms with van der Waals surface area (Å²) in [6.07, 6.45) is 3.13. The zero-order valence-corrected chi connectivity index (χ0v) is 14.3. The molecule has 2 aromatic rings. The number of sulfonamides is 1. The molecule has 6 nitrogen and oxygen atoms in total. The molecule has 24 heavy (non-hydrogen) atoms. The number of halogens is 1. The van der Waals surface area contributed by atoms with E-state index in [1.54, 1.807) is 12.3 Å². The summed E-state index contributed by atoms with van der Waals surface area (Å²) in [6.45, 7) is 3.32. The van der Waals surface area contributed by atoms with Crippen LogP contribution in [0.4, 0.5) is 4.39 Å². The summed E-state index contributed by atoms with van der Waals surface area (Å²) in [5, 5.41) is 9.03. The second-order valence-corrected chi connectivity index (χ2v) is 7.51. The maximum atomic E-state index is 14.4. The predicted octanol–water partition coefficient (Wildman–Crippen LogP) is 2.36. The van der Waals surface area contributed by atoms with Crippen LogP contribution in [0.2, 0.25) is 0 Å². The Kier molecular flexibility index (Phi) is 5.00. The van der Waals surface area contributed by atoms with Crippen LogP contribution < -0.4 is 0 Å². The van der Waals surface area contributed by atoms with Gasteiger partial charge in [-0.25, -0.2) is 17.6 Å². The van der Waals surface area contributed by atoms with Crippen LogP contribution >= 0.6 is 0 Å². The minimum absolute atomic E-state index is 0.00219. The van der Waals surface area contributed by atoms with Crippen LogP contribution in [0, 0.1) is 19.7 Å². The summed E-state index contributed by atoms with van der Waals surface area (Å²) in [5.41, 5.74) is 1.20. The van der Waals surface area contributed by atoms with E-state index in [1.807, 2.05) is 6.92 Å². The van der Waals surface area contributed by atoms with Crippen LogP contribution in [-0.2, 0) is 16.6 Å². The fraction of sp³-hybridized carbons (Fsp3) is 0.250. The molecule has 0 aliphatic carbocycles. The number of carboxylic acids is 1. The molecule has 0 fully saturated rings. The molecule has 128 valence electrons. The van der Waals surface area contributed by atoms with Gasteiger partial charge in [0.1, 0.15) is 4.90 Å². The monoisotopic (exact) mass is 352 g/mol. The SMILES string of the molecule is Cc1cc(C(=O)O)c(F)c(S(=O)(=O)N(C)Cc2cnccc2C)c1. The molecule has 0 saturated carbocycles. The number of hydrogen-bond donors (Lipinski definition) is 1. The van der Waals surface area contributed by atoms with Gasteiger partial charge in [-0.15, -0.1) is 0 Å². The average molecular weight is 352 g/mol. The average Bonchev–Trinajstić information content (AvgIpc) is 2.51. The Hall–Kier alpha value is -2.32. The summed E-state index contributed by atoms with van der Waals surface area (Å²) >= 11 is 0. The van der Waals surface area contributed by atoms with Crippen molar-refractivity contribution >= 4 is 16.0 Å². The molecular formula is C16H17FN2O4S. The molecule has 1 heterocycles. The van der Waals surface area contributed by atoms with Crippen LogP contribution in [0.15, 0.2) is 35.5 Å². The van der Waals surface area contributed by atoms with Crippen molar-refractivity contribution in [2.24, 2.45) is 0 Å². The van der Waals surface area contributed by atoms with Crippen molar-refractivity contribution in [2.45, 2.75) is 25.3 Å². The van der Waals surface area contributed by atoms with E-state index in [4.69, 9.17) is 5.11 Å². The first-order chi connectivity index (χ1) is 11.1. The Morgan fingerprint density at radius 3 is 2.58 bits per heavy atom. The molecule has 0 unspecified atom stereocenters. The Labute approximate surface area is 139 Å². The molecular weight excluding hydrogens is 335 g/mol. The highest BCUT2D eigenvalue weighted by atomic mass is 32.2. The van der Waals surface area contributed by atoms with Gasteiger partial charge in [-0.2, -0.15) is 4.31 Å². The molecule has 1 aromatic heterocycles. The Bertz CT molecular complexity index is 897. The number of pyridine rings is 1. The van der Waals surface area contributed by atoms with Gasteiger partial charge in [0, 0.05) is 26.0 Å². The summed E-state index contributed by atoms with van der Waals surface area (Å²) in [7, 11) is -2.89. The third kappa shape index (κ3) is 3.44. The molecule has 8 heteroatoms. The first-order valence-electron chi connectivity index (χ1n) is 7.04. The third-order valence-electron chi connectivity index (χ3n) is 3.64. The fourth-order valence-corrected chi connectivity index (χ4v) is 3.55. The summed E-state index contributed by atoms with van der Waals surface area (Å²) in [4.78, 5) is 14.4. The van der Waals surface area contributed by atoms with Gasteiger partial charge in [-0.1, -0.05) is 0 Å². The molecule has 2 rings (SSSR count). The third-order valence-corrected chi connectivity index (χ3v) is 5.45. The lowest BCUT2D eigenvalue weighted by molar-refractivity contribution is 0.0691. The number of aromatic carboxylic acids is 1. The fourth-order valence-electron chi connectivity index (χ4n) is 2.23. The van der Waals surface area contributed by atoms with Crippen molar-refractivity contribution in [3.8, 4) is 0 Å². The van der Waals surface area contributed by atoms with E-state index in [0.29, 0.717) is 11.1 Å². The molecule has 0 bridgehead atoms. The van der Waals surface area contributed by atoms with Crippen LogP contribution in [0.25, 0.3) is 0 Å². The van der Waals surface area contributed by atoms with Crippen LogP contribution in [0.1, 0.15) is 27.0 Å². The van der Waals surface area contributed by atoms with Crippen molar-refractivity contribution in [3.05, 3.63) is 58.7 Å². The Morgan fingerprint density at radius 2 is 2.00 bits per heavy atom. The smallest absolute Gasteiger partial charge is 0.338 e. The molecule has 0 radical (unpaired) electrons. The van der Waals surface area contributed by atoms with Gasteiger partial charge >= 0.3 is 5.97 Å². The quantitative estimate of drug-likeness (QED) is 0.892. The number of carbonyl (C=O) groups is 1. The van der Waals surface area contributed by atoms with Crippen LogP contribution in [-0.4, -0.2) is 35.8 Å². The van der Waals surface area contributed by atoms with Crippen molar-refractivity contribution in [2.75, 3.05) is 7.05 Å². The van der Waals surface area contributed by atoms with Crippen LogP contribution in [0.3, 0.4) is 0 Å². The van der Waals surface area contributed by atoms with E-state index in [2.05, 4.69) is 4.98 Å². The lowest BCUT2D eigenvalue weighted by atomic mass is 10.1. The summed E-state index contributed by atoms with van der Waals surface area (Å²) in [5.74, 6) is -2.78. The van der Waals surface area contributed by atoms with Gasteiger partial charge in [-0.05, 0) is 48.7 Å². The lowest BCUT2D eigenvalue weighted by Crippen LogP contribution is -2.28. The highest BCUT2D eigenvalue weighted by Crippen LogP contribution is 2.24. The van der Waals surface area contributed by atoms with Crippen molar-refractivity contribution in [1.82, 2.24) is 9.29 Å². The molecule has 0 aliphatic rings. The summed E-state index contributed by atoms with van der Waals surface area (Å²) in [6, 6.07) is 3.97. The Morgan fingerprint density at radius 1 is 1.33 bits per heavy atom. The van der Waals surface area contributed by atoms with Gasteiger partial charge in [0.15, 0.2) is 5.82 Å². The van der Waals surface area contributed by atoms with Gasteiger partial charge in [0.05, 0.1) is 5.56 Å². The number of aromatic nitrogens is 1. The second-order valence-electron chi connectivity index (χ2n) is 5.49. The molecule has 0 atom stereocenters. The molecule has 0 amide bonds. The number of benzene rings is 1.